The molecule has 0 aliphatic rings. The van der Waals surface area contributed by atoms with Gasteiger partial charge in [-0.15, -0.1) is 0 Å². The van der Waals surface area contributed by atoms with Gasteiger partial charge in [0.15, 0.2) is 0 Å². The lowest BCUT2D eigenvalue weighted by atomic mass is 10.2. The summed E-state index contributed by atoms with van der Waals surface area (Å²) in [4.78, 5) is 11.2. The van der Waals surface area contributed by atoms with Gasteiger partial charge in [-0.2, -0.15) is 5.10 Å². The van der Waals surface area contributed by atoms with Gasteiger partial charge in [-0.1, -0.05) is 24.3 Å². The van der Waals surface area contributed by atoms with Crippen LogP contribution in [0.5, 0.6) is 11.5 Å². The number of aryl methyl sites for hydroxylation is 1. The van der Waals surface area contributed by atoms with Crippen molar-refractivity contribution in [2.75, 3.05) is 5.43 Å². The largest absolute Gasteiger partial charge is 0.478 e. The lowest BCUT2D eigenvalue weighted by Crippen LogP contribution is -2.02. The van der Waals surface area contributed by atoms with Crippen molar-refractivity contribution in [3.8, 4) is 11.5 Å². The van der Waals surface area contributed by atoms with Crippen molar-refractivity contribution in [2.24, 2.45) is 5.10 Å². The Labute approximate surface area is 151 Å². The number of benzene rings is 3. The SMILES string of the molecule is Cc1cccc(Oc2ccc(C=NNc3ccccc3C(=O)O)cc2)c1. The summed E-state index contributed by atoms with van der Waals surface area (Å²) in [5.74, 6) is 0.524. The summed E-state index contributed by atoms with van der Waals surface area (Å²) >= 11 is 0. The van der Waals surface area contributed by atoms with Gasteiger partial charge in [0.05, 0.1) is 17.5 Å². The van der Waals surface area contributed by atoms with Crippen LogP contribution in [-0.2, 0) is 0 Å². The number of ether oxygens (including phenoxy) is 1. The smallest absolute Gasteiger partial charge is 0.337 e. The average molecular weight is 346 g/mol. The van der Waals surface area contributed by atoms with Gasteiger partial charge in [0.25, 0.3) is 0 Å². The fraction of sp³-hybridized carbons (Fsp3) is 0.0476. The number of nitrogens with zero attached hydrogens (tertiary/aromatic N) is 1. The number of anilines is 1. The highest BCUT2D eigenvalue weighted by atomic mass is 16.5. The second kappa shape index (κ2) is 7.98. The molecule has 0 aromatic heterocycles. The number of aromatic carboxylic acids is 1. The fourth-order valence-electron chi connectivity index (χ4n) is 2.38. The number of hydrogen-bond donors (Lipinski definition) is 2. The highest BCUT2D eigenvalue weighted by molar-refractivity contribution is 5.94. The van der Waals surface area contributed by atoms with Crippen molar-refractivity contribution in [2.45, 2.75) is 6.92 Å². The molecule has 0 spiro atoms. The third-order valence-electron chi connectivity index (χ3n) is 3.66. The first kappa shape index (κ1) is 17.2. The Morgan fingerprint density at radius 1 is 1.00 bits per heavy atom. The van der Waals surface area contributed by atoms with E-state index in [1.54, 1.807) is 24.4 Å². The van der Waals surface area contributed by atoms with E-state index in [1.807, 2.05) is 55.5 Å². The molecule has 0 bridgehead atoms. The fourth-order valence-corrected chi connectivity index (χ4v) is 2.38. The third kappa shape index (κ3) is 4.48. The van der Waals surface area contributed by atoms with Gasteiger partial charge in [0.2, 0.25) is 0 Å². The van der Waals surface area contributed by atoms with Gasteiger partial charge in [-0.3, -0.25) is 5.43 Å². The summed E-state index contributed by atoms with van der Waals surface area (Å²) in [6, 6.07) is 21.9. The maximum absolute atomic E-state index is 11.2. The molecule has 5 nitrogen and oxygen atoms in total. The minimum absolute atomic E-state index is 0.173. The van der Waals surface area contributed by atoms with Gasteiger partial charge >= 0.3 is 5.97 Å². The first-order valence-corrected chi connectivity index (χ1v) is 8.08. The Morgan fingerprint density at radius 2 is 1.77 bits per heavy atom. The zero-order chi connectivity index (χ0) is 18.4. The molecule has 5 heteroatoms. The van der Waals surface area contributed by atoms with Crippen molar-refractivity contribution in [1.82, 2.24) is 0 Å². The molecule has 3 aromatic rings. The Bertz CT molecular complexity index is 934. The maximum atomic E-state index is 11.2. The summed E-state index contributed by atoms with van der Waals surface area (Å²) in [7, 11) is 0. The first-order valence-electron chi connectivity index (χ1n) is 8.08. The first-order chi connectivity index (χ1) is 12.6. The van der Waals surface area contributed by atoms with Crippen LogP contribution in [0.4, 0.5) is 5.69 Å². The molecule has 0 fully saturated rings. The molecule has 0 saturated carbocycles. The van der Waals surface area contributed by atoms with Crippen molar-refractivity contribution >= 4 is 17.9 Å². The van der Waals surface area contributed by atoms with Crippen LogP contribution in [0.1, 0.15) is 21.5 Å². The predicted octanol–water partition coefficient (Wildman–Crippen LogP) is 4.93. The molecule has 0 saturated heterocycles. The van der Waals surface area contributed by atoms with E-state index in [0.717, 1.165) is 22.6 Å². The quantitative estimate of drug-likeness (QED) is 0.490. The van der Waals surface area contributed by atoms with Crippen molar-refractivity contribution in [1.29, 1.82) is 0 Å². The number of hydrazone groups is 1. The van der Waals surface area contributed by atoms with E-state index >= 15 is 0 Å². The predicted molar refractivity (Wildman–Crippen MR) is 102 cm³/mol. The molecular weight excluding hydrogens is 328 g/mol. The summed E-state index contributed by atoms with van der Waals surface area (Å²) in [5, 5.41) is 13.2. The summed E-state index contributed by atoms with van der Waals surface area (Å²) < 4.78 is 5.80. The molecule has 0 radical (unpaired) electrons. The Morgan fingerprint density at radius 3 is 2.50 bits per heavy atom. The van der Waals surface area contributed by atoms with E-state index < -0.39 is 5.97 Å². The van der Waals surface area contributed by atoms with Crippen LogP contribution in [0.3, 0.4) is 0 Å². The lowest BCUT2D eigenvalue weighted by Gasteiger charge is -2.06. The number of nitrogens with one attached hydrogen (secondary N) is 1. The van der Waals surface area contributed by atoms with Crippen LogP contribution < -0.4 is 10.2 Å². The second-order valence-corrected chi connectivity index (χ2v) is 5.71. The average Bonchev–Trinajstić information content (AvgIpc) is 2.63. The van der Waals surface area contributed by atoms with Gasteiger partial charge in [0.1, 0.15) is 11.5 Å². The Balaban J connectivity index is 1.64. The molecule has 130 valence electrons. The molecular formula is C21H18N2O3. The number of rotatable bonds is 6. The van der Waals surface area contributed by atoms with Crippen molar-refractivity contribution in [3.05, 3.63) is 89.5 Å². The number of carboxylic acids is 1. The zero-order valence-corrected chi connectivity index (χ0v) is 14.2. The van der Waals surface area contributed by atoms with Crippen LogP contribution in [0.2, 0.25) is 0 Å². The minimum atomic E-state index is -0.999. The zero-order valence-electron chi connectivity index (χ0n) is 14.2. The van der Waals surface area contributed by atoms with Crippen LogP contribution >= 0.6 is 0 Å². The maximum Gasteiger partial charge on any atom is 0.337 e. The summed E-state index contributed by atoms with van der Waals surface area (Å²) in [6.07, 6.45) is 1.62. The number of carboxylic acid groups (broad SMARTS) is 1. The van der Waals surface area contributed by atoms with Gasteiger partial charge in [-0.05, 0) is 66.6 Å². The van der Waals surface area contributed by atoms with E-state index in [9.17, 15) is 4.79 Å². The van der Waals surface area contributed by atoms with Crippen LogP contribution in [0.15, 0.2) is 77.9 Å². The monoisotopic (exact) mass is 346 g/mol. The molecule has 0 aliphatic carbocycles. The van der Waals surface area contributed by atoms with Gasteiger partial charge in [-0.25, -0.2) is 4.79 Å². The van der Waals surface area contributed by atoms with Gasteiger partial charge < -0.3 is 9.84 Å². The van der Waals surface area contributed by atoms with Crippen molar-refractivity contribution in [3.63, 3.8) is 0 Å². The minimum Gasteiger partial charge on any atom is -0.478 e. The van der Waals surface area contributed by atoms with E-state index in [1.165, 1.54) is 6.07 Å². The van der Waals surface area contributed by atoms with Crippen LogP contribution in [0, 0.1) is 6.92 Å². The summed E-state index contributed by atoms with van der Waals surface area (Å²) in [5.41, 5.74) is 5.38. The third-order valence-corrected chi connectivity index (χ3v) is 3.66. The Hall–Kier alpha value is -3.60. The van der Waals surface area contributed by atoms with E-state index in [2.05, 4.69) is 10.5 Å². The standard InChI is InChI=1S/C21H18N2O3/c1-15-5-4-6-18(13-15)26-17-11-9-16(10-12-17)14-22-23-20-8-3-2-7-19(20)21(24)25/h2-14,23H,1H3,(H,24,25). The van der Waals surface area contributed by atoms with E-state index in [0.29, 0.717) is 5.69 Å². The molecule has 0 heterocycles. The number of hydrogen-bond acceptors (Lipinski definition) is 4. The van der Waals surface area contributed by atoms with Crippen LogP contribution in [-0.4, -0.2) is 17.3 Å². The number of carbonyl (C=O) groups is 1. The molecule has 26 heavy (non-hydrogen) atoms. The molecule has 0 aliphatic heterocycles. The Kier molecular flexibility index (Phi) is 5.29. The van der Waals surface area contributed by atoms with Gasteiger partial charge in [0, 0.05) is 0 Å². The molecule has 0 amide bonds. The highest BCUT2D eigenvalue weighted by Gasteiger charge is 2.07. The topological polar surface area (TPSA) is 70.9 Å². The molecule has 3 aromatic carbocycles. The van der Waals surface area contributed by atoms with Crippen molar-refractivity contribution < 1.29 is 14.6 Å². The normalized spacial score (nSPS) is 10.7. The molecule has 2 N–H and O–H groups in total. The molecule has 0 unspecified atom stereocenters. The molecule has 3 rings (SSSR count). The second-order valence-electron chi connectivity index (χ2n) is 5.71. The van der Waals surface area contributed by atoms with E-state index in [-0.39, 0.29) is 5.56 Å². The number of para-hydroxylation sites is 1. The highest BCUT2D eigenvalue weighted by Crippen LogP contribution is 2.22. The van der Waals surface area contributed by atoms with E-state index in [4.69, 9.17) is 9.84 Å². The lowest BCUT2D eigenvalue weighted by molar-refractivity contribution is 0.0698. The van der Waals surface area contributed by atoms with Crippen LogP contribution in [0.25, 0.3) is 0 Å². The molecule has 0 atom stereocenters. The summed E-state index contributed by atoms with van der Waals surface area (Å²) in [6.45, 7) is 2.02.